The molecule has 0 radical (unpaired) electrons. The summed E-state index contributed by atoms with van der Waals surface area (Å²) in [7, 11) is 0. The molecule has 0 saturated carbocycles. The Morgan fingerprint density at radius 1 is 1.36 bits per heavy atom. The lowest BCUT2D eigenvalue weighted by atomic mass is 9.97. The molecular weight excluding hydrogens is 335 g/mol. The van der Waals surface area contributed by atoms with Crippen LogP contribution >= 0.6 is 11.3 Å². The summed E-state index contributed by atoms with van der Waals surface area (Å²) >= 11 is 1.73. The molecule has 1 saturated heterocycles. The minimum atomic E-state index is -0.379. The largest absolute Gasteiger partial charge is 0.350 e. The second kappa shape index (κ2) is 8.11. The fraction of sp³-hybridized carbons (Fsp3) is 0.450. The zero-order chi connectivity index (χ0) is 17.8. The van der Waals surface area contributed by atoms with Crippen molar-refractivity contribution in [3.8, 4) is 0 Å². The normalized spacial score (nSPS) is 17.4. The average Bonchev–Trinajstić information content (AvgIpc) is 3.13. The second-order valence-electron chi connectivity index (χ2n) is 6.92. The van der Waals surface area contributed by atoms with Crippen LogP contribution < -0.4 is 5.32 Å². The lowest BCUT2D eigenvalue weighted by Gasteiger charge is -2.36. The minimum absolute atomic E-state index is 0.185. The number of hydrogen-bond donors (Lipinski definition) is 1. The van der Waals surface area contributed by atoms with Crippen LogP contribution in [0.4, 0.5) is 4.39 Å². The van der Waals surface area contributed by atoms with Crippen molar-refractivity contribution in [3.05, 3.63) is 57.5 Å². The van der Waals surface area contributed by atoms with Gasteiger partial charge in [-0.05, 0) is 67.9 Å². The third-order valence-corrected chi connectivity index (χ3v) is 6.00. The highest BCUT2D eigenvalue weighted by Gasteiger charge is 2.26. The number of amides is 1. The van der Waals surface area contributed by atoms with Crippen molar-refractivity contribution in [3.63, 3.8) is 0 Å². The highest BCUT2D eigenvalue weighted by atomic mass is 32.1. The molecule has 5 heteroatoms. The molecule has 1 amide bonds. The van der Waals surface area contributed by atoms with Crippen LogP contribution in [0.5, 0.6) is 0 Å². The van der Waals surface area contributed by atoms with Crippen LogP contribution in [-0.2, 0) is 0 Å². The number of halogens is 1. The van der Waals surface area contributed by atoms with Gasteiger partial charge in [-0.1, -0.05) is 19.1 Å². The number of benzene rings is 1. The fourth-order valence-electron chi connectivity index (χ4n) is 3.35. The molecule has 1 aliphatic rings. The predicted octanol–water partition coefficient (Wildman–Crippen LogP) is 4.40. The minimum Gasteiger partial charge on any atom is -0.350 e. The van der Waals surface area contributed by atoms with E-state index in [1.54, 1.807) is 17.4 Å². The summed E-state index contributed by atoms with van der Waals surface area (Å²) in [6.07, 6.45) is 2.39. The first-order valence-corrected chi connectivity index (χ1v) is 9.74. The first-order chi connectivity index (χ1) is 12.0. The first-order valence-electron chi connectivity index (χ1n) is 8.86. The van der Waals surface area contributed by atoms with E-state index >= 15 is 0 Å². The summed E-state index contributed by atoms with van der Waals surface area (Å²) in [4.78, 5) is 16.3. The Kier molecular flexibility index (Phi) is 5.86. The van der Waals surface area contributed by atoms with Gasteiger partial charge in [0.1, 0.15) is 5.82 Å². The van der Waals surface area contributed by atoms with Gasteiger partial charge in [0.05, 0.1) is 6.04 Å². The van der Waals surface area contributed by atoms with Crippen LogP contribution in [-0.4, -0.2) is 30.4 Å². The van der Waals surface area contributed by atoms with E-state index in [0.717, 1.165) is 24.6 Å². The lowest BCUT2D eigenvalue weighted by Crippen LogP contribution is -2.41. The Morgan fingerprint density at radius 3 is 2.80 bits per heavy atom. The maximum absolute atomic E-state index is 13.5. The molecule has 0 aliphatic carbocycles. The number of nitrogens with one attached hydrogen (secondary N) is 1. The molecule has 1 fully saturated rings. The summed E-state index contributed by atoms with van der Waals surface area (Å²) in [6.45, 7) is 6.78. The van der Waals surface area contributed by atoms with Crippen molar-refractivity contribution in [2.75, 3.05) is 19.6 Å². The maximum Gasteiger partial charge on any atom is 0.251 e. The molecule has 1 unspecified atom stereocenters. The topological polar surface area (TPSA) is 32.3 Å². The quantitative estimate of drug-likeness (QED) is 0.857. The van der Waals surface area contributed by atoms with Crippen molar-refractivity contribution < 1.29 is 9.18 Å². The Bertz CT molecular complexity index is 708. The monoisotopic (exact) mass is 360 g/mol. The molecule has 1 aromatic heterocycles. The summed E-state index contributed by atoms with van der Waals surface area (Å²) in [5.74, 6) is 0.185. The van der Waals surface area contributed by atoms with E-state index in [0.29, 0.717) is 12.1 Å². The number of piperidine rings is 1. The summed E-state index contributed by atoms with van der Waals surface area (Å²) in [6, 6.07) is 8.71. The third-order valence-electron chi connectivity index (χ3n) is 5.03. The fourth-order valence-corrected chi connectivity index (χ4v) is 4.22. The number of carbonyl (C=O) groups is 1. The van der Waals surface area contributed by atoms with E-state index in [1.165, 1.54) is 29.9 Å². The van der Waals surface area contributed by atoms with Crippen molar-refractivity contribution in [1.82, 2.24) is 10.2 Å². The van der Waals surface area contributed by atoms with Crippen LogP contribution in [0.1, 0.15) is 46.6 Å². The molecule has 25 heavy (non-hydrogen) atoms. The maximum atomic E-state index is 13.5. The zero-order valence-corrected chi connectivity index (χ0v) is 15.6. The van der Waals surface area contributed by atoms with Gasteiger partial charge in [-0.3, -0.25) is 9.69 Å². The number of nitrogens with zero attached hydrogens (tertiary/aromatic N) is 1. The second-order valence-corrected chi connectivity index (χ2v) is 7.90. The van der Waals surface area contributed by atoms with Crippen LogP contribution in [0.3, 0.4) is 0 Å². The predicted molar refractivity (Wildman–Crippen MR) is 101 cm³/mol. The van der Waals surface area contributed by atoms with Crippen molar-refractivity contribution in [1.29, 1.82) is 0 Å². The van der Waals surface area contributed by atoms with Gasteiger partial charge in [0, 0.05) is 17.0 Å². The number of hydrogen-bond acceptors (Lipinski definition) is 3. The molecule has 134 valence electrons. The molecule has 2 aromatic rings. The number of carbonyl (C=O) groups excluding carboxylic acids is 1. The van der Waals surface area contributed by atoms with E-state index in [9.17, 15) is 9.18 Å². The van der Waals surface area contributed by atoms with Gasteiger partial charge < -0.3 is 5.32 Å². The van der Waals surface area contributed by atoms with Crippen molar-refractivity contribution in [2.45, 2.75) is 32.7 Å². The summed E-state index contributed by atoms with van der Waals surface area (Å²) in [5, 5.41) is 5.10. The van der Waals surface area contributed by atoms with Gasteiger partial charge >= 0.3 is 0 Å². The smallest absolute Gasteiger partial charge is 0.251 e. The van der Waals surface area contributed by atoms with Gasteiger partial charge in [0.15, 0.2) is 0 Å². The molecule has 1 atom stereocenters. The molecule has 3 nitrogen and oxygen atoms in total. The lowest BCUT2D eigenvalue weighted by molar-refractivity contribution is 0.0914. The Labute approximate surface area is 152 Å². The highest BCUT2D eigenvalue weighted by Crippen LogP contribution is 2.29. The highest BCUT2D eigenvalue weighted by molar-refractivity contribution is 7.10. The van der Waals surface area contributed by atoms with E-state index in [2.05, 4.69) is 34.7 Å². The summed E-state index contributed by atoms with van der Waals surface area (Å²) in [5.41, 5.74) is 1.20. The van der Waals surface area contributed by atoms with E-state index in [1.807, 2.05) is 6.92 Å². The first kappa shape index (κ1) is 18.1. The molecule has 1 aliphatic heterocycles. The number of rotatable bonds is 5. The molecule has 3 rings (SSSR count). The zero-order valence-electron chi connectivity index (χ0n) is 14.8. The Hall–Kier alpha value is -1.72. The van der Waals surface area contributed by atoms with Gasteiger partial charge in [-0.15, -0.1) is 11.3 Å². The van der Waals surface area contributed by atoms with E-state index in [4.69, 9.17) is 0 Å². The molecule has 0 bridgehead atoms. The Morgan fingerprint density at radius 2 is 2.12 bits per heavy atom. The van der Waals surface area contributed by atoms with Gasteiger partial charge in [-0.2, -0.15) is 0 Å². The molecular formula is C20H25FN2OS. The number of thiophene rings is 1. The van der Waals surface area contributed by atoms with Crippen molar-refractivity contribution >= 4 is 17.2 Å². The van der Waals surface area contributed by atoms with E-state index in [-0.39, 0.29) is 17.8 Å². The van der Waals surface area contributed by atoms with Gasteiger partial charge in [0.25, 0.3) is 5.91 Å². The number of aryl methyl sites for hydroxylation is 1. The average molecular weight is 360 g/mol. The molecule has 0 spiro atoms. The van der Waals surface area contributed by atoms with Gasteiger partial charge in [0.2, 0.25) is 0 Å². The van der Waals surface area contributed by atoms with Crippen LogP contribution in [0, 0.1) is 18.7 Å². The van der Waals surface area contributed by atoms with Crippen molar-refractivity contribution in [2.24, 2.45) is 5.92 Å². The molecule has 1 N–H and O–H groups in total. The SMILES string of the molecule is Cc1ccc(F)cc1C(=O)NCC(c1cccs1)N1CCC(C)CC1. The standard InChI is InChI=1S/C20H25FN2OS/c1-14-7-9-23(10-8-14)18(19-4-3-11-25-19)13-22-20(24)17-12-16(21)6-5-15(17)2/h3-6,11-12,14,18H,7-10,13H2,1-2H3,(H,22,24). The number of likely N-dealkylation sites (tertiary alicyclic amines) is 1. The third kappa shape index (κ3) is 4.47. The van der Waals surface area contributed by atoms with Crippen LogP contribution in [0.2, 0.25) is 0 Å². The molecule has 1 aromatic carbocycles. The van der Waals surface area contributed by atoms with Crippen LogP contribution in [0.15, 0.2) is 35.7 Å². The molecule has 2 heterocycles. The van der Waals surface area contributed by atoms with Crippen LogP contribution in [0.25, 0.3) is 0 Å². The Balaban J connectivity index is 1.70. The van der Waals surface area contributed by atoms with E-state index < -0.39 is 0 Å². The van der Waals surface area contributed by atoms with Gasteiger partial charge in [-0.25, -0.2) is 4.39 Å². The summed E-state index contributed by atoms with van der Waals surface area (Å²) < 4.78 is 13.5.